The Morgan fingerprint density at radius 3 is 2.77 bits per heavy atom. The number of fused-ring (bicyclic) bond motifs is 1. The summed E-state index contributed by atoms with van der Waals surface area (Å²) in [6.07, 6.45) is 6.75. The van der Waals surface area contributed by atoms with Crippen molar-refractivity contribution >= 4 is 16.9 Å². The predicted octanol–water partition coefficient (Wildman–Crippen LogP) is 4.29. The number of aromatic amines is 1. The Kier molecular flexibility index (Phi) is 4.62. The van der Waals surface area contributed by atoms with E-state index in [1.165, 1.54) is 5.56 Å². The highest BCUT2D eigenvalue weighted by molar-refractivity contribution is 5.94. The van der Waals surface area contributed by atoms with Crippen LogP contribution in [0.15, 0.2) is 61.1 Å². The molecule has 4 heterocycles. The molecule has 0 spiro atoms. The van der Waals surface area contributed by atoms with E-state index in [1.807, 2.05) is 48.4 Å². The molecule has 6 heteroatoms. The number of amides is 1. The molecule has 1 amide bonds. The molecule has 152 valence electrons. The van der Waals surface area contributed by atoms with Gasteiger partial charge in [-0.15, -0.1) is 0 Å². The van der Waals surface area contributed by atoms with Crippen LogP contribution < -0.4 is 0 Å². The van der Waals surface area contributed by atoms with Crippen LogP contribution >= 0.6 is 0 Å². The van der Waals surface area contributed by atoms with Crippen molar-refractivity contribution in [3.05, 3.63) is 72.2 Å². The predicted molar refractivity (Wildman–Crippen MR) is 117 cm³/mol. The molecule has 1 fully saturated rings. The zero-order chi connectivity index (χ0) is 20.7. The first-order chi connectivity index (χ1) is 14.6. The van der Waals surface area contributed by atoms with E-state index in [1.54, 1.807) is 6.20 Å². The lowest BCUT2D eigenvalue weighted by molar-refractivity contribution is 0.0742. The van der Waals surface area contributed by atoms with Crippen molar-refractivity contribution in [3.63, 3.8) is 0 Å². The number of nitrogens with zero attached hydrogens (tertiary/aromatic N) is 4. The van der Waals surface area contributed by atoms with Crippen LogP contribution in [0.1, 0.15) is 29.3 Å². The Labute approximate surface area is 175 Å². The van der Waals surface area contributed by atoms with Gasteiger partial charge in [0.15, 0.2) is 0 Å². The van der Waals surface area contributed by atoms with Crippen molar-refractivity contribution < 1.29 is 4.79 Å². The first-order valence-corrected chi connectivity index (χ1v) is 10.4. The molecule has 0 unspecified atom stereocenters. The number of hydrogen-bond acceptors (Lipinski definition) is 3. The van der Waals surface area contributed by atoms with Crippen LogP contribution in [-0.4, -0.2) is 43.1 Å². The first kappa shape index (κ1) is 18.6. The topological polar surface area (TPSA) is 66.8 Å². The molecule has 4 aromatic rings. The van der Waals surface area contributed by atoms with Gasteiger partial charge in [-0.05, 0) is 56.5 Å². The van der Waals surface area contributed by atoms with Gasteiger partial charge in [0, 0.05) is 42.7 Å². The van der Waals surface area contributed by atoms with Crippen LogP contribution in [0, 0.1) is 12.8 Å². The highest BCUT2D eigenvalue weighted by atomic mass is 16.2. The number of hydrogen-bond donors (Lipinski definition) is 1. The van der Waals surface area contributed by atoms with E-state index in [4.69, 9.17) is 4.98 Å². The van der Waals surface area contributed by atoms with Gasteiger partial charge in [-0.3, -0.25) is 9.89 Å². The smallest absolute Gasteiger partial charge is 0.254 e. The largest absolute Gasteiger partial charge is 0.346 e. The lowest BCUT2D eigenvalue weighted by atomic mass is 10.1. The summed E-state index contributed by atoms with van der Waals surface area (Å²) in [5.41, 5.74) is 5.95. The molecule has 6 nitrogen and oxygen atoms in total. The van der Waals surface area contributed by atoms with Gasteiger partial charge in [0.1, 0.15) is 0 Å². The van der Waals surface area contributed by atoms with Gasteiger partial charge in [-0.25, -0.2) is 4.98 Å². The number of likely N-dealkylation sites (tertiary alicyclic amines) is 1. The number of aryl methyl sites for hydroxylation is 1. The van der Waals surface area contributed by atoms with Crippen molar-refractivity contribution in [3.8, 4) is 11.3 Å². The molecular formula is C24H25N5O. The molecule has 5 rings (SSSR count). The van der Waals surface area contributed by atoms with E-state index in [2.05, 4.69) is 40.0 Å². The van der Waals surface area contributed by atoms with Crippen LogP contribution in [0.4, 0.5) is 0 Å². The van der Waals surface area contributed by atoms with Crippen LogP contribution in [-0.2, 0) is 6.54 Å². The maximum absolute atomic E-state index is 13.0. The highest BCUT2D eigenvalue weighted by Crippen LogP contribution is 2.28. The number of nitrogens with one attached hydrogen (secondary N) is 1. The third-order valence-corrected chi connectivity index (χ3v) is 6.09. The van der Waals surface area contributed by atoms with Crippen molar-refractivity contribution in [1.82, 2.24) is 24.6 Å². The lowest BCUT2D eigenvalue weighted by Crippen LogP contribution is -2.34. The van der Waals surface area contributed by atoms with Crippen LogP contribution in [0.25, 0.3) is 22.3 Å². The van der Waals surface area contributed by atoms with Gasteiger partial charge >= 0.3 is 0 Å². The van der Waals surface area contributed by atoms with Gasteiger partial charge in [0.05, 0.1) is 22.9 Å². The molecule has 1 aliphatic heterocycles. The zero-order valence-corrected chi connectivity index (χ0v) is 17.2. The molecular weight excluding hydrogens is 374 g/mol. The molecule has 0 aliphatic carbocycles. The van der Waals surface area contributed by atoms with Gasteiger partial charge in [-0.1, -0.05) is 17.7 Å². The van der Waals surface area contributed by atoms with E-state index < -0.39 is 0 Å². The fraction of sp³-hybridized carbons (Fsp3) is 0.292. The standard InChI is InChI=1S/C24H25N5O/c1-16-3-5-19(6-4-16)24(30)29-15-18(11-17(29)2)14-28-10-9-22-23(28)8-7-21(27-22)20-12-25-26-13-20/h3-10,12-13,17-18H,11,14-15H2,1-2H3,(H,25,26)/t17-,18-/m1/s1. The second-order valence-electron chi connectivity index (χ2n) is 8.33. The summed E-state index contributed by atoms with van der Waals surface area (Å²) >= 11 is 0. The third kappa shape index (κ3) is 3.38. The maximum Gasteiger partial charge on any atom is 0.254 e. The van der Waals surface area contributed by atoms with E-state index in [0.717, 1.165) is 47.4 Å². The number of carbonyl (C=O) groups excluding carboxylic acids is 1. The van der Waals surface area contributed by atoms with Crippen LogP contribution in [0.2, 0.25) is 0 Å². The zero-order valence-electron chi connectivity index (χ0n) is 17.2. The molecule has 0 saturated carbocycles. The van der Waals surface area contributed by atoms with Crippen molar-refractivity contribution in [2.45, 2.75) is 32.9 Å². The van der Waals surface area contributed by atoms with E-state index in [-0.39, 0.29) is 11.9 Å². The normalized spacial score (nSPS) is 18.9. The number of H-pyrrole nitrogens is 1. The van der Waals surface area contributed by atoms with E-state index >= 15 is 0 Å². The summed E-state index contributed by atoms with van der Waals surface area (Å²) in [5.74, 6) is 0.562. The highest BCUT2D eigenvalue weighted by Gasteiger charge is 2.33. The van der Waals surface area contributed by atoms with Gasteiger partial charge < -0.3 is 9.47 Å². The molecule has 0 bridgehead atoms. The Balaban J connectivity index is 1.32. The third-order valence-electron chi connectivity index (χ3n) is 6.09. The van der Waals surface area contributed by atoms with Crippen molar-refractivity contribution in [2.24, 2.45) is 5.92 Å². The molecule has 1 aromatic carbocycles. The molecule has 3 aromatic heterocycles. The second kappa shape index (κ2) is 7.44. The molecule has 1 aliphatic rings. The summed E-state index contributed by atoms with van der Waals surface area (Å²) in [7, 11) is 0. The quantitative estimate of drug-likeness (QED) is 0.557. The first-order valence-electron chi connectivity index (χ1n) is 10.4. The summed E-state index contributed by atoms with van der Waals surface area (Å²) in [4.78, 5) is 19.8. The monoisotopic (exact) mass is 399 g/mol. The number of pyridine rings is 1. The van der Waals surface area contributed by atoms with Gasteiger partial charge in [0.25, 0.3) is 5.91 Å². The Morgan fingerprint density at radius 1 is 1.17 bits per heavy atom. The number of aromatic nitrogens is 4. The SMILES string of the molecule is Cc1ccc(C(=O)N2C[C@@H](Cn3ccc4nc(-c5cn[nH]c5)ccc43)C[C@H]2C)cc1. The fourth-order valence-electron chi connectivity index (χ4n) is 4.48. The van der Waals surface area contributed by atoms with Crippen LogP contribution in [0.5, 0.6) is 0 Å². The van der Waals surface area contributed by atoms with E-state index in [9.17, 15) is 4.79 Å². The average Bonchev–Trinajstić information content (AvgIpc) is 3.49. The molecule has 0 radical (unpaired) electrons. The van der Waals surface area contributed by atoms with Gasteiger partial charge in [-0.2, -0.15) is 5.10 Å². The minimum atomic E-state index is 0.133. The Morgan fingerprint density at radius 2 is 2.00 bits per heavy atom. The summed E-state index contributed by atoms with van der Waals surface area (Å²) in [6.45, 7) is 5.86. The second-order valence-corrected chi connectivity index (χ2v) is 8.33. The van der Waals surface area contributed by atoms with Crippen LogP contribution in [0.3, 0.4) is 0 Å². The Bertz CT molecular complexity index is 1180. The number of benzene rings is 1. The summed E-state index contributed by atoms with van der Waals surface area (Å²) in [6, 6.07) is 14.3. The maximum atomic E-state index is 13.0. The fourth-order valence-corrected chi connectivity index (χ4v) is 4.48. The Hall–Kier alpha value is -3.41. The molecule has 1 N–H and O–H groups in total. The minimum Gasteiger partial charge on any atom is -0.346 e. The van der Waals surface area contributed by atoms with Crippen molar-refractivity contribution in [2.75, 3.05) is 6.54 Å². The molecule has 1 saturated heterocycles. The van der Waals surface area contributed by atoms with Gasteiger partial charge in [0.2, 0.25) is 0 Å². The number of rotatable bonds is 4. The number of carbonyl (C=O) groups is 1. The molecule has 2 atom stereocenters. The lowest BCUT2D eigenvalue weighted by Gasteiger charge is -2.21. The minimum absolute atomic E-state index is 0.133. The average molecular weight is 399 g/mol. The summed E-state index contributed by atoms with van der Waals surface area (Å²) in [5, 5.41) is 6.84. The van der Waals surface area contributed by atoms with Crippen molar-refractivity contribution in [1.29, 1.82) is 0 Å². The molecule has 30 heavy (non-hydrogen) atoms. The summed E-state index contributed by atoms with van der Waals surface area (Å²) < 4.78 is 2.26. The van der Waals surface area contributed by atoms with E-state index in [0.29, 0.717) is 5.92 Å².